The van der Waals surface area contributed by atoms with Gasteiger partial charge in [-0.3, -0.25) is 0 Å². The Morgan fingerprint density at radius 2 is 2.44 bits per heavy atom. The summed E-state index contributed by atoms with van der Waals surface area (Å²) in [6.45, 7) is 3.23. The van der Waals surface area contributed by atoms with Gasteiger partial charge in [0, 0.05) is 12.7 Å². The van der Waals surface area contributed by atoms with Crippen molar-refractivity contribution >= 4 is 11.8 Å². The van der Waals surface area contributed by atoms with Crippen LogP contribution in [0.15, 0.2) is 23.4 Å². The van der Waals surface area contributed by atoms with E-state index in [1.54, 1.807) is 11.8 Å². The standard InChI is InChI=1S/C7H11NS/c1-3-8-6-4-5-7(8)9-2/h4-6H,3H2,1-2H3. The first kappa shape index (κ1) is 6.75. The van der Waals surface area contributed by atoms with E-state index in [4.69, 9.17) is 0 Å². The Morgan fingerprint density at radius 3 is 2.89 bits per heavy atom. The predicted molar refractivity (Wildman–Crippen MR) is 41.9 cm³/mol. The van der Waals surface area contributed by atoms with Gasteiger partial charge in [-0.25, -0.2) is 0 Å². The summed E-state index contributed by atoms with van der Waals surface area (Å²) in [5.41, 5.74) is 0. The number of rotatable bonds is 2. The fourth-order valence-corrected chi connectivity index (χ4v) is 1.48. The average Bonchev–Trinajstić information content (AvgIpc) is 2.33. The molecule has 0 saturated carbocycles. The van der Waals surface area contributed by atoms with E-state index in [0.29, 0.717) is 0 Å². The monoisotopic (exact) mass is 141 g/mol. The molecule has 0 bridgehead atoms. The number of thioether (sulfide) groups is 1. The van der Waals surface area contributed by atoms with E-state index in [9.17, 15) is 0 Å². The van der Waals surface area contributed by atoms with Crippen molar-refractivity contribution in [1.29, 1.82) is 0 Å². The normalized spacial score (nSPS) is 10.0. The summed E-state index contributed by atoms with van der Waals surface area (Å²) in [7, 11) is 0. The van der Waals surface area contributed by atoms with E-state index in [2.05, 4.69) is 36.1 Å². The third-order valence-corrected chi connectivity index (χ3v) is 2.13. The number of aromatic nitrogens is 1. The van der Waals surface area contributed by atoms with Gasteiger partial charge in [0.15, 0.2) is 0 Å². The molecule has 0 radical (unpaired) electrons. The van der Waals surface area contributed by atoms with E-state index >= 15 is 0 Å². The quantitative estimate of drug-likeness (QED) is 0.572. The second-order valence-electron chi connectivity index (χ2n) is 1.84. The second kappa shape index (κ2) is 2.97. The third kappa shape index (κ3) is 1.30. The van der Waals surface area contributed by atoms with Crippen LogP contribution in [0, 0.1) is 0 Å². The zero-order valence-corrected chi connectivity index (χ0v) is 6.61. The molecule has 0 aliphatic rings. The Bertz CT molecular complexity index is 162. The summed E-state index contributed by atoms with van der Waals surface area (Å²) in [6, 6.07) is 4.21. The van der Waals surface area contributed by atoms with Crippen LogP contribution in [0.2, 0.25) is 0 Å². The van der Waals surface area contributed by atoms with E-state index in [0.717, 1.165) is 6.54 Å². The third-order valence-electron chi connectivity index (χ3n) is 1.34. The van der Waals surface area contributed by atoms with Crippen LogP contribution in [-0.4, -0.2) is 10.8 Å². The van der Waals surface area contributed by atoms with Crippen molar-refractivity contribution < 1.29 is 0 Å². The van der Waals surface area contributed by atoms with Gasteiger partial charge < -0.3 is 4.57 Å². The van der Waals surface area contributed by atoms with Crippen molar-refractivity contribution in [3.8, 4) is 0 Å². The van der Waals surface area contributed by atoms with Crippen molar-refractivity contribution in [1.82, 2.24) is 4.57 Å². The molecule has 1 aromatic heterocycles. The SMILES string of the molecule is CCn1cccc1SC. The van der Waals surface area contributed by atoms with Crippen LogP contribution < -0.4 is 0 Å². The maximum Gasteiger partial charge on any atom is 0.0745 e. The molecule has 0 fully saturated rings. The molecule has 9 heavy (non-hydrogen) atoms. The van der Waals surface area contributed by atoms with Crippen molar-refractivity contribution in [2.45, 2.75) is 18.5 Å². The Labute approximate surface area is 60.1 Å². The molecule has 0 spiro atoms. The van der Waals surface area contributed by atoms with Crippen molar-refractivity contribution in [2.24, 2.45) is 0 Å². The van der Waals surface area contributed by atoms with Crippen molar-refractivity contribution in [3.63, 3.8) is 0 Å². The summed E-state index contributed by atoms with van der Waals surface area (Å²) in [5, 5.41) is 1.34. The lowest BCUT2D eigenvalue weighted by Crippen LogP contribution is -1.91. The first-order valence-electron chi connectivity index (χ1n) is 3.07. The van der Waals surface area contributed by atoms with Crippen LogP contribution in [0.5, 0.6) is 0 Å². The van der Waals surface area contributed by atoms with Crippen LogP contribution in [0.1, 0.15) is 6.92 Å². The summed E-state index contributed by atoms with van der Waals surface area (Å²) < 4.78 is 2.23. The molecular weight excluding hydrogens is 130 g/mol. The molecule has 0 aliphatic carbocycles. The minimum Gasteiger partial charge on any atom is -0.343 e. The highest BCUT2D eigenvalue weighted by atomic mass is 32.2. The van der Waals surface area contributed by atoms with E-state index < -0.39 is 0 Å². The van der Waals surface area contributed by atoms with Gasteiger partial charge in [-0.1, -0.05) is 0 Å². The second-order valence-corrected chi connectivity index (χ2v) is 2.66. The van der Waals surface area contributed by atoms with Crippen molar-refractivity contribution in [2.75, 3.05) is 6.26 Å². The Balaban J connectivity index is 2.85. The smallest absolute Gasteiger partial charge is 0.0745 e. The fraction of sp³-hybridized carbons (Fsp3) is 0.429. The highest BCUT2D eigenvalue weighted by Gasteiger charge is 1.92. The lowest BCUT2D eigenvalue weighted by Gasteiger charge is -2.00. The predicted octanol–water partition coefficient (Wildman–Crippen LogP) is 2.23. The molecular formula is C7H11NS. The van der Waals surface area contributed by atoms with E-state index in [1.807, 2.05) is 0 Å². The summed E-state index contributed by atoms with van der Waals surface area (Å²) in [6.07, 6.45) is 4.20. The molecule has 0 aliphatic heterocycles. The van der Waals surface area contributed by atoms with Gasteiger partial charge in [0.25, 0.3) is 0 Å². The summed E-state index contributed by atoms with van der Waals surface area (Å²) >= 11 is 1.79. The van der Waals surface area contributed by atoms with Gasteiger partial charge in [0.2, 0.25) is 0 Å². The van der Waals surface area contributed by atoms with E-state index in [-0.39, 0.29) is 0 Å². The molecule has 1 nitrogen and oxygen atoms in total. The minimum atomic E-state index is 1.07. The number of hydrogen-bond donors (Lipinski definition) is 0. The molecule has 1 rings (SSSR count). The number of hydrogen-bond acceptors (Lipinski definition) is 1. The largest absolute Gasteiger partial charge is 0.343 e. The number of nitrogens with zero attached hydrogens (tertiary/aromatic N) is 1. The molecule has 2 heteroatoms. The Hall–Kier alpha value is -0.370. The average molecular weight is 141 g/mol. The molecule has 1 aromatic rings. The lowest BCUT2D eigenvalue weighted by atomic mass is 10.7. The van der Waals surface area contributed by atoms with Crippen LogP contribution in [-0.2, 0) is 6.54 Å². The lowest BCUT2D eigenvalue weighted by molar-refractivity contribution is 0.704. The molecule has 0 amide bonds. The van der Waals surface area contributed by atoms with Crippen LogP contribution in [0.4, 0.5) is 0 Å². The summed E-state index contributed by atoms with van der Waals surface area (Å²) in [5.74, 6) is 0. The molecule has 1 heterocycles. The molecule has 0 N–H and O–H groups in total. The van der Waals surface area contributed by atoms with Gasteiger partial charge >= 0.3 is 0 Å². The zero-order valence-electron chi connectivity index (χ0n) is 5.79. The maximum atomic E-state index is 2.23. The van der Waals surface area contributed by atoms with Crippen molar-refractivity contribution in [3.05, 3.63) is 18.3 Å². The van der Waals surface area contributed by atoms with Crippen LogP contribution in [0.3, 0.4) is 0 Å². The molecule has 0 atom stereocenters. The fourth-order valence-electron chi connectivity index (χ4n) is 0.845. The molecule has 50 valence electrons. The topological polar surface area (TPSA) is 4.93 Å². The van der Waals surface area contributed by atoms with Crippen LogP contribution in [0.25, 0.3) is 0 Å². The number of aryl methyl sites for hydroxylation is 1. The molecule has 0 unspecified atom stereocenters. The zero-order chi connectivity index (χ0) is 6.69. The first-order valence-corrected chi connectivity index (χ1v) is 4.30. The van der Waals surface area contributed by atoms with Crippen LogP contribution >= 0.6 is 11.8 Å². The van der Waals surface area contributed by atoms with Gasteiger partial charge in [-0.05, 0) is 25.3 Å². The minimum absolute atomic E-state index is 1.07. The first-order chi connectivity index (χ1) is 4.38. The van der Waals surface area contributed by atoms with Gasteiger partial charge in [-0.2, -0.15) is 0 Å². The van der Waals surface area contributed by atoms with Gasteiger partial charge in [0.05, 0.1) is 5.03 Å². The molecule has 0 saturated heterocycles. The highest BCUT2D eigenvalue weighted by molar-refractivity contribution is 7.98. The van der Waals surface area contributed by atoms with Gasteiger partial charge in [-0.15, -0.1) is 11.8 Å². The van der Waals surface area contributed by atoms with E-state index in [1.165, 1.54) is 5.03 Å². The summed E-state index contributed by atoms with van der Waals surface area (Å²) in [4.78, 5) is 0. The highest BCUT2D eigenvalue weighted by Crippen LogP contribution is 2.14. The van der Waals surface area contributed by atoms with Gasteiger partial charge in [0.1, 0.15) is 0 Å². The maximum absolute atomic E-state index is 2.23. The Kier molecular flexibility index (Phi) is 2.22. The Morgan fingerprint density at radius 1 is 1.67 bits per heavy atom. The molecule has 0 aromatic carbocycles.